The van der Waals surface area contributed by atoms with Crippen molar-refractivity contribution in [3.05, 3.63) is 0 Å². The molecule has 0 bridgehead atoms. The summed E-state index contributed by atoms with van der Waals surface area (Å²) in [4.78, 5) is 30.8. The van der Waals surface area contributed by atoms with Crippen LogP contribution in [-0.4, -0.2) is 28.8 Å². The van der Waals surface area contributed by atoms with E-state index in [-0.39, 0.29) is 0 Å². The molecule has 0 aliphatic heterocycles. The van der Waals surface area contributed by atoms with E-state index in [4.69, 9.17) is 5.11 Å². The van der Waals surface area contributed by atoms with Crippen LogP contribution in [0.25, 0.3) is 0 Å². The SMILES string of the molecule is O=C(O)CCC(=O)CC(=O)C(F)(F)F. The second-order valence-corrected chi connectivity index (χ2v) is 2.53. The molecule has 0 amide bonds. The van der Waals surface area contributed by atoms with Gasteiger partial charge in [0, 0.05) is 6.42 Å². The van der Waals surface area contributed by atoms with Gasteiger partial charge in [0.1, 0.15) is 5.78 Å². The van der Waals surface area contributed by atoms with Gasteiger partial charge in [0.2, 0.25) is 5.78 Å². The van der Waals surface area contributed by atoms with Crippen LogP contribution in [0.4, 0.5) is 13.2 Å². The summed E-state index contributed by atoms with van der Waals surface area (Å²) in [6.45, 7) is 0. The minimum atomic E-state index is -5.03. The molecule has 0 spiro atoms. The molecule has 0 aliphatic rings. The van der Waals surface area contributed by atoms with Gasteiger partial charge in [-0.25, -0.2) is 0 Å². The average Bonchev–Trinajstić information content (AvgIpc) is 1.99. The first-order chi connectivity index (χ1) is 6.23. The highest BCUT2D eigenvalue weighted by atomic mass is 19.4. The Balaban J connectivity index is 3.96. The van der Waals surface area contributed by atoms with Gasteiger partial charge in [0.15, 0.2) is 0 Å². The van der Waals surface area contributed by atoms with Crippen LogP contribution in [0.1, 0.15) is 19.3 Å². The number of hydrogen-bond donors (Lipinski definition) is 1. The van der Waals surface area contributed by atoms with Crippen molar-refractivity contribution in [2.75, 3.05) is 0 Å². The molecule has 0 aliphatic carbocycles. The van der Waals surface area contributed by atoms with Crippen LogP contribution >= 0.6 is 0 Å². The number of carboxylic acid groups (broad SMARTS) is 1. The predicted octanol–water partition coefficient (Wildman–Crippen LogP) is 0.942. The number of rotatable bonds is 5. The van der Waals surface area contributed by atoms with Crippen LogP contribution < -0.4 is 0 Å². The van der Waals surface area contributed by atoms with Crippen LogP contribution in [-0.2, 0) is 14.4 Å². The lowest BCUT2D eigenvalue weighted by Crippen LogP contribution is -2.25. The monoisotopic (exact) mass is 212 g/mol. The van der Waals surface area contributed by atoms with Gasteiger partial charge in [-0.15, -0.1) is 0 Å². The van der Waals surface area contributed by atoms with Crippen molar-refractivity contribution < 1.29 is 32.7 Å². The molecule has 1 N–H and O–H groups in total. The van der Waals surface area contributed by atoms with Crippen molar-refractivity contribution in [2.24, 2.45) is 0 Å². The minimum Gasteiger partial charge on any atom is -0.481 e. The first-order valence-electron chi connectivity index (χ1n) is 3.57. The molecular weight excluding hydrogens is 205 g/mol. The van der Waals surface area contributed by atoms with E-state index in [1.807, 2.05) is 0 Å². The van der Waals surface area contributed by atoms with E-state index in [1.54, 1.807) is 0 Å². The Morgan fingerprint density at radius 1 is 1.07 bits per heavy atom. The lowest BCUT2D eigenvalue weighted by molar-refractivity contribution is -0.171. The molecule has 0 fully saturated rings. The average molecular weight is 212 g/mol. The van der Waals surface area contributed by atoms with Crippen molar-refractivity contribution >= 4 is 17.5 Å². The Kier molecular flexibility index (Phi) is 4.26. The fourth-order valence-electron chi connectivity index (χ4n) is 0.614. The second-order valence-electron chi connectivity index (χ2n) is 2.53. The number of carbonyl (C=O) groups is 3. The van der Waals surface area contributed by atoms with Gasteiger partial charge in [-0.2, -0.15) is 13.2 Å². The van der Waals surface area contributed by atoms with E-state index in [1.165, 1.54) is 0 Å². The van der Waals surface area contributed by atoms with Crippen LogP contribution in [0, 0.1) is 0 Å². The summed E-state index contributed by atoms with van der Waals surface area (Å²) < 4.78 is 34.8. The third kappa shape index (κ3) is 5.28. The van der Waals surface area contributed by atoms with Gasteiger partial charge in [-0.05, 0) is 0 Å². The molecule has 0 saturated carbocycles. The molecular formula is C7H7F3O4. The predicted molar refractivity (Wildman–Crippen MR) is 37.6 cm³/mol. The summed E-state index contributed by atoms with van der Waals surface area (Å²) in [5, 5.41) is 8.10. The lowest BCUT2D eigenvalue weighted by atomic mass is 10.1. The number of Topliss-reactive ketones (excluding diaryl/α,β-unsaturated/α-hetero) is 2. The topological polar surface area (TPSA) is 71.4 Å². The molecule has 0 saturated heterocycles. The van der Waals surface area contributed by atoms with Gasteiger partial charge < -0.3 is 5.11 Å². The van der Waals surface area contributed by atoms with Crippen LogP contribution in [0.15, 0.2) is 0 Å². The second kappa shape index (κ2) is 4.73. The first kappa shape index (κ1) is 12.6. The van der Waals surface area contributed by atoms with Crippen molar-refractivity contribution in [2.45, 2.75) is 25.4 Å². The summed E-state index contributed by atoms with van der Waals surface area (Å²) >= 11 is 0. The Morgan fingerprint density at radius 3 is 1.93 bits per heavy atom. The Labute approximate surface area is 76.7 Å². The number of aliphatic carboxylic acids is 1. The number of carbonyl (C=O) groups excluding carboxylic acids is 2. The molecule has 0 aromatic rings. The van der Waals surface area contributed by atoms with Gasteiger partial charge in [-0.1, -0.05) is 0 Å². The van der Waals surface area contributed by atoms with Crippen LogP contribution in [0.5, 0.6) is 0 Å². The fraction of sp³-hybridized carbons (Fsp3) is 0.571. The van der Waals surface area contributed by atoms with E-state index in [0.29, 0.717) is 0 Å². The largest absolute Gasteiger partial charge is 0.481 e. The van der Waals surface area contributed by atoms with Crippen molar-refractivity contribution in [1.82, 2.24) is 0 Å². The van der Waals surface area contributed by atoms with Gasteiger partial charge >= 0.3 is 12.1 Å². The number of alkyl halides is 3. The summed E-state index contributed by atoms with van der Waals surface area (Å²) in [5.74, 6) is -4.46. The third-order valence-corrected chi connectivity index (χ3v) is 1.29. The summed E-state index contributed by atoms with van der Waals surface area (Å²) in [6.07, 6.45) is -7.43. The van der Waals surface area contributed by atoms with E-state index in [2.05, 4.69) is 0 Å². The molecule has 0 radical (unpaired) electrons. The normalized spacial score (nSPS) is 11.1. The molecule has 0 rings (SSSR count). The number of hydrogen-bond acceptors (Lipinski definition) is 3. The zero-order valence-electron chi connectivity index (χ0n) is 6.93. The molecule has 0 atom stereocenters. The lowest BCUT2D eigenvalue weighted by Gasteiger charge is -2.03. The number of halogens is 3. The van der Waals surface area contributed by atoms with E-state index in [9.17, 15) is 27.6 Å². The Morgan fingerprint density at radius 2 is 1.57 bits per heavy atom. The highest BCUT2D eigenvalue weighted by molar-refractivity contribution is 6.02. The van der Waals surface area contributed by atoms with Crippen LogP contribution in [0.3, 0.4) is 0 Å². The molecule has 0 aromatic heterocycles. The van der Waals surface area contributed by atoms with Crippen molar-refractivity contribution in [3.8, 4) is 0 Å². The summed E-state index contributed by atoms with van der Waals surface area (Å²) in [7, 11) is 0. The standard InChI is InChI=1S/C7H7F3O4/c8-7(9,10)5(12)3-4(11)1-2-6(13)14/h1-3H2,(H,13,14). The quantitative estimate of drug-likeness (QED) is 0.688. The maximum Gasteiger partial charge on any atom is 0.450 e. The molecule has 80 valence electrons. The molecule has 0 aromatic carbocycles. The van der Waals surface area contributed by atoms with Gasteiger partial charge in [0.25, 0.3) is 0 Å². The van der Waals surface area contributed by atoms with Crippen molar-refractivity contribution in [1.29, 1.82) is 0 Å². The number of ketones is 2. The zero-order chi connectivity index (χ0) is 11.4. The van der Waals surface area contributed by atoms with E-state index >= 15 is 0 Å². The van der Waals surface area contributed by atoms with E-state index in [0.717, 1.165) is 0 Å². The minimum absolute atomic E-state index is 0.558. The Bertz CT molecular complexity index is 256. The highest BCUT2D eigenvalue weighted by Gasteiger charge is 2.38. The van der Waals surface area contributed by atoms with E-state index < -0.39 is 43.0 Å². The summed E-state index contributed by atoms with van der Waals surface area (Å²) in [5.41, 5.74) is 0. The fourth-order valence-corrected chi connectivity index (χ4v) is 0.614. The zero-order valence-corrected chi connectivity index (χ0v) is 6.93. The Hall–Kier alpha value is -1.40. The van der Waals surface area contributed by atoms with Gasteiger partial charge in [-0.3, -0.25) is 14.4 Å². The molecule has 14 heavy (non-hydrogen) atoms. The maximum atomic E-state index is 11.6. The highest BCUT2D eigenvalue weighted by Crippen LogP contribution is 2.18. The molecule has 0 unspecified atom stereocenters. The maximum absolute atomic E-state index is 11.6. The smallest absolute Gasteiger partial charge is 0.450 e. The van der Waals surface area contributed by atoms with Crippen LogP contribution in [0.2, 0.25) is 0 Å². The van der Waals surface area contributed by atoms with Crippen molar-refractivity contribution in [3.63, 3.8) is 0 Å². The first-order valence-corrected chi connectivity index (χ1v) is 3.57. The molecule has 7 heteroatoms. The summed E-state index contributed by atoms with van der Waals surface area (Å²) in [6, 6.07) is 0. The molecule has 0 heterocycles. The number of carboxylic acids is 1. The molecule has 4 nitrogen and oxygen atoms in total. The van der Waals surface area contributed by atoms with Gasteiger partial charge in [0.05, 0.1) is 12.8 Å². The third-order valence-electron chi connectivity index (χ3n) is 1.29.